The van der Waals surface area contributed by atoms with E-state index in [2.05, 4.69) is 27.0 Å². The summed E-state index contributed by atoms with van der Waals surface area (Å²) in [5.41, 5.74) is 4.69. The first-order valence-electron chi connectivity index (χ1n) is 11.9. The molecule has 1 fully saturated rings. The number of ether oxygens (including phenoxy) is 1. The number of benzene rings is 2. The number of aliphatic hydroxyl groups excluding tert-OH is 1. The fourth-order valence-electron chi connectivity index (χ4n) is 5.90. The zero-order valence-corrected chi connectivity index (χ0v) is 19.6. The number of hydrogen-bond acceptors (Lipinski definition) is 5. The fourth-order valence-corrected chi connectivity index (χ4v) is 5.90. The second-order valence-corrected chi connectivity index (χ2v) is 9.61. The van der Waals surface area contributed by atoms with Gasteiger partial charge in [-0.25, -0.2) is 0 Å². The van der Waals surface area contributed by atoms with Crippen LogP contribution in [-0.4, -0.2) is 64.1 Å². The molecule has 0 aliphatic carbocycles. The highest BCUT2D eigenvalue weighted by Crippen LogP contribution is 2.49. The van der Waals surface area contributed by atoms with Crippen molar-refractivity contribution in [3.63, 3.8) is 0 Å². The highest BCUT2D eigenvalue weighted by atomic mass is 16.5. The average molecular weight is 469 g/mol. The molecule has 0 radical (unpaired) electrons. The Hall–Kier alpha value is -3.68. The number of aliphatic hydroxyl groups is 1. The molecule has 6 rings (SSSR count). The molecule has 0 saturated carbocycles. The zero-order chi connectivity index (χ0) is 24.0. The monoisotopic (exact) mass is 468 g/mol. The molecule has 1 amide bonds. The van der Waals surface area contributed by atoms with Crippen LogP contribution in [0.3, 0.4) is 0 Å². The van der Waals surface area contributed by atoms with Crippen LogP contribution in [0.5, 0.6) is 5.75 Å². The third-order valence-corrected chi connectivity index (χ3v) is 7.38. The van der Waals surface area contributed by atoms with Gasteiger partial charge in [0.25, 0.3) is 5.91 Å². The van der Waals surface area contributed by atoms with Crippen molar-refractivity contribution in [1.82, 2.24) is 19.8 Å². The Morgan fingerprint density at radius 2 is 1.97 bits per heavy atom. The SMILES string of the molecule is COc1ccc2c3c([nH]c2c1)[C@@H](CO)N(C(=O)c1ccccc1)CC31CN(Cc2cccnc2)C1. The van der Waals surface area contributed by atoms with Crippen molar-refractivity contribution < 1.29 is 14.6 Å². The molecule has 2 aromatic carbocycles. The third kappa shape index (κ3) is 3.59. The Morgan fingerprint density at radius 3 is 2.69 bits per heavy atom. The minimum absolute atomic E-state index is 0.0587. The van der Waals surface area contributed by atoms with Gasteiger partial charge < -0.3 is 19.7 Å². The first kappa shape index (κ1) is 21.8. The number of aromatic nitrogens is 2. The predicted molar refractivity (Wildman–Crippen MR) is 133 cm³/mol. The summed E-state index contributed by atoms with van der Waals surface area (Å²) in [5.74, 6) is 0.714. The van der Waals surface area contributed by atoms with E-state index >= 15 is 0 Å². The molecule has 0 bridgehead atoms. The van der Waals surface area contributed by atoms with Crippen LogP contribution in [-0.2, 0) is 12.0 Å². The van der Waals surface area contributed by atoms with E-state index in [1.807, 2.05) is 59.6 Å². The number of likely N-dealkylation sites (tertiary alicyclic amines) is 1. The molecule has 2 N–H and O–H groups in total. The number of amides is 1. The van der Waals surface area contributed by atoms with Crippen LogP contribution >= 0.6 is 0 Å². The molecule has 1 atom stereocenters. The molecule has 7 heteroatoms. The molecular weight excluding hydrogens is 440 g/mol. The summed E-state index contributed by atoms with van der Waals surface area (Å²) in [4.78, 5) is 25.7. The van der Waals surface area contributed by atoms with Crippen molar-refractivity contribution in [2.75, 3.05) is 33.4 Å². The van der Waals surface area contributed by atoms with Crippen LogP contribution in [0.15, 0.2) is 73.1 Å². The fraction of sp³-hybridized carbons (Fsp3) is 0.286. The van der Waals surface area contributed by atoms with E-state index in [4.69, 9.17) is 4.74 Å². The number of aromatic amines is 1. The zero-order valence-electron chi connectivity index (χ0n) is 19.6. The van der Waals surface area contributed by atoms with Gasteiger partial charge in [0.15, 0.2) is 0 Å². The maximum Gasteiger partial charge on any atom is 0.254 e. The molecule has 0 unspecified atom stereocenters. The van der Waals surface area contributed by atoms with Gasteiger partial charge in [-0.3, -0.25) is 14.7 Å². The van der Waals surface area contributed by atoms with E-state index in [0.29, 0.717) is 12.1 Å². The lowest BCUT2D eigenvalue weighted by molar-refractivity contribution is -0.00405. The lowest BCUT2D eigenvalue weighted by Crippen LogP contribution is -2.66. The third-order valence-electron chi connectivity index (χ3n) is 7.38. The Morgan fingerprint density at radius 1 is 1.14 bits per heavy atom. The van der Waals surface area contributed by atoms with Gasteiger partial charge in [0.05, 0.1) is 19.8 Å². The quantitative estimate of drug-likeness (QED) is 0.469. The number of carbonyl (C=O) groups excluding carboxylic acids is 1. The molecule has 1 saturated heterocycles. The van der Waals surface area contributed by atoms with Crippen molar-refractivity contribution >= 4 is 16.8 Å². The van der Waals surface area contributed by atoms with Gasteiger partial charge in [-0.15, -0.1) is 0 Å². The Kier molecular flexibility index (Phi) is 5.31. The van der Waals surface area contributed by atoms with Crippen molar-refractivity contribution in [2.24, 2.45) is 0 Å². The Balaban J connectivity index is 1.42. The molecule has 35 heavy (non-hydrogen) atoms. The molecule has 2 aliphatic heterocycles. The summed E-state index contributed by atoms with van der Waals surface area (Å²) in [5, 5.41) is 11.6. The predicted octanol–water partition coefficient (Wildman–Crippen LogP) is 3.51. The lowest BCUT2D eigenvalue weighted by atomic mass is 9.68. The van der Waals surface area contributed by atoms with E-state index in [-0.39, 0.29) is 17.9 Å². The lowest BCUT2D eigenvalue weighted by Gasteiger charge is -2.56. The molecule has 1 spiro atoms. The van der Waals surface area contributed by atoms with Crippen LogP contribution in [0.4, 0.5) is 0 Å². The largest absolute Gasteiger partial charge is 0.497 e. The molecule has 7 nitrogen and oxygen atoms in total. The normalized spacial score (nSPS) is 18.9. The van der Waals surface area contributed by atoms with Gasteiger partial charge in [-0.05, 0) is 41.5 Å². The molecule has 4 heterocycles. The van der Waals surface area contributed by atoms with E-state index < -0.39 is 6.04 Å². The van der Waals surface area contributed by atoms with Crippen molar-refractivity contribution in [3.8, 4) is 5.75 Å². The number of carbonyl (C=O) groups is 1. The van der Waals surface area contributed by atoms with Gasteiger partial charge in [0, 0.05) is 72.2 Å². The number of methoxy groups -OCH3 is 1. The molecule has 2 aliphatic rings. The number of hydrogen-bond donors (Lipinski definition) is 2. The average Bonchev–Trinajstić information content (AvgIpc) is 3.27. The molecule has 2 aromatic heterocycles. The molecule has 178 valence electrons. The molecular formula is C28H28N4O3. The van der Waals surface area contributed by atoms with Crippen molar-refractivity contribution in [1.29, 1.82) is 0 Å². The van der Waals surface area contributed by atoms with Gasteiger partial charge in [-0.2, -0.15) is 0 Å². The summed E-state index contributed by atoms with van der Waals surface area (Å²) in [6.07, 6.45) is 3.69. The smallest absolute Gasteiger partial charge is 0.254 e. The van der Waals surface area contributed by atoms with Crippen molar-refractivity contribution in [2.45, 2.75) is 18.0 Å². The van der Waals surface area contributed by atoms with Crippen LogP contribution in [0.2, 0.25) is 0 Å². The van der Waals surface area contributed by atoms with Gasteiger partial charge >= 0.3 is 0 Å². The van der Waals surface area contributed by atoms with Crippen molar-refractivity contribution in [3.05, 3.63) is 95.4 Å². The molecule has 4 aromatic rings. The summed E-state index contributed by atoms with van der Waals surface area (Å²) in [6, 6.07) is 19.0. The second-order valence-electron chi connectivity index (χ2n) is 9.61. The summed E-state index contributed by atoms with van der Waals surface area (Å²) >= 11 is 0. The minimum atomic E-state index is -0.436. The summed E-state index contributed by atoms with van der Waals surface area (Å²) < 4.78 is 5.45. The Bertz CT molecular complexity index is 1360. The number of nitrogens with zero attached hydrogens (tertiary/aromatic N) is 3. The summed E-state index contributed by atoms with van der Waals surface area (Å²) in [7, 11) is 1.66. The second kappa shape index (κ2) is 8.52. The number of rotatable bonds is 5. The van der Waals surface area contributed by atoms with E-state index in [1.165, 1.54) is 11.1 Å². The minimum Gasteiger partial charge on any atom is -0.497 e. The van der Waals surface area contributed by atoms with Crippen LogP contribution in [0.1, 0.15) is 33.2 Å². The number of fused-ring (bicyclic) bond motifs is 4. The first-order valence-corrected chi connectivity index (χ1v) is 11.9. The maximum absolute atomic E-state index is 13.7. The Labute approximate surface area is 204 Å². The van der Waals surface area contributed by atoms with Crippen LogP contribution in [0, 0.1) is 0 Å². The van der Waals surface area contributed by atoms with Gasteiger partial charge in [0.1, 0.15) is 5.75 Å². The van der Waals surface area contributed by atoms with Crippen LogP contribution in [0.25, 0.3) is 10.9 Å². The van der Waals surface area contributed by atoms with Gasteiger partial charge in [0.2, 0.25) is 0 Å². The number of H-pyrrole nitrogens is 1. The van der Waals surface area contributed by atoms with E-state index in [0.717, 1.165) is 42.0 Å². The van der Waals surface area contributed by atoms with Gasteiger partial charge in [-0.1, -0.05) is 24.3 Å². The standard InChI is InChI=1S/C28H28N4O3/c1-35-21-9-10-22-23(12-21)30-26-24(15-33)32(27(34)20-7-3-2-4-8-20)18-28(25(22)26)16-31(17-28)14-19-6-5-11-29-13-19/h2-13,24,30,33H,14-18H2,1H3/t24-/m1/s1. The first-order chi connectivity index (χ1) is 17.1. The topological polar surface area (TPSA) is 81.7 Å². The number of pyridine rings is 1. The summed E-state index contributed by atoms with van der Waals surface area (Å²) in [6.45, 7) is 2.87. The van der Waals surface area contributed by atoms with E-state index in [9.17, 15) is 9.90 Å². The van der Waals surface area contributed by atoms with Crippen LogP contribution < -0.4 is 4.74 Å². The van der Waals surface area contributed by atoms with E-state index in [1.54, 1.807) is 13.3 Å². The number of nitrogens with one attached hydrogen (secondary N) is 1. The maximum atomic E-state index is 13.7. The highest BCUT2D eigenvalue weighted by molar-refractivity contribution is 5.96. The highest BCUT2D eigenvalue weighted by Gasteiger charge is 2.53.